The maximum Gasteiger partial charge on any atom is 0.390 e. The third-order valence-corrected chi connectivity index (χ3v) is 8.27. The highest BCUT2D eigenvalue weighted by Gasteiger charge is 2.35. The van der Waals surface area contributed by atoms with Crippen LogP contribution in [0.1, 0.15) is 56.9 Å². The number of thiazole rings is 1. The lowest BCUT2D eigenvalue weighted by atomic mass is 9.96. The van der Waals surface area contributed by atoms with Crippen molar-refractivity contribution >= 4 is 34.2 Å². The number of fused-ring (bicyclic) bond motifs is 1. The number of rotatable bonds is 11. The van der Waals surface area contributed by atoms with Gasteiger partial charge in [0.2, 0.25) is 0 Å². The Morgan fingerprint density at radius 2 is 1.78 bits per heavy atom. The van der Waals surface area contributed by atoms with Crippen molar-refractivity contribution in [2.24, 2.45) is 10.7 Å². The van der Waals surface area contributed by atoms with Gasteiger partial charge >= 0.3 is 12.4 Å². The summed E-state index contributed by atoms with van der Waals surface area (Å²) in [5.74, 6) is -0.416. The van der Waals surface area contributed by atoms with Gasteiger partial charge in [-0.1, -0.05) is 24.3 Å². The molecule has 0 unspecified atom stereocenters. The second-order valence-electron chi connectivity index (χ2n) is 10.5. The molecular formula is C31H30F6N6OS. The molecule has 238 valence electrons. The standard InChI is InChI=1S/C31H30F6N6OS/c32-30(33,34)10-12-43(13-11-31(35,36)37)25-8-9-26-27(15-25)45-29(41-26)42-28(44)23-3-1-2-21(14-23)18-40-19-24(17-39)22-6-4-20(16-38)5-7-22/h1-7,14,17,19,25H,8-13,15,18,39H2,(H,41,42,44)/t25-/m0/s1. The molecule has 1 aliphatic rings. The first-order chi connectivity index (χ1) is 21.3. The summed E-state index contributed by atoms with van der Waals surface area (Å²) in [5.41, 5.74) is 9.53. The fraction of sp³-hybridized carbons (Fsp3) is 0.355. The Morgan fingerprint density at radius 3 is 2.40 bits per heavy atom. The van der Waals surface area contributed by atoms with Crippen LogP contribution in [0.5, 0.6) is 0 Å². The number of carbonyl (C=O) groups excluding carboxylic acids is 1. The molecule has 2 aromatic carbocycles. The zero-order valence-electron chi connectivity index (χ0n) is 24.0. The predicted octanol–water partition coefficient (Wildman–Crippen LogP) is 6.90. The number of anilines is 1. The quantitative estimate of drug-likeness (QED) is 0.174. The third kappa shape index (κ3) is 10.2. The predicted molar refractivity (Wildman–Crippen MR) is 161 cm³/mol. The molecule has 1 amide bonds. The normalized spacial score (nSPS) is 15.7. The van der Waals surface area contributed by atoms with Crippen LogP contribution >= 0.6 is 11.3 Å². The molecule has 0 fully saturated rings. The van der Waals surface area contributed by atoms with Gasteiger partial charge < -0.3 is 5.73 Å². The molecular weight excluding hydrogens is 618 g/mol. The number of nitriles is 1. The van der Waals surface area contributed by atoms with Crippen molar-refractivity contribution in [2.45, 2.75) is 57.0 Å². The van der Waals surface area contributed by atoms with E-state index >= 15 is 0 Å². The van der Waals surface area contributed by atoms with Gasteiger partial charge in [0, 0.05) is 47.6 Å². The fourth-order valence-corrected chi connectivity index (χ4v) is 6.00. The van der Waals surface area contributed by atoms with Crippen molar-refractivity contribution in [3.63, 3.8) is 0 Å². The van der Waals surface area contributed by atoms with E-state index < -0.39 is 50.2 Å². The molecule has 0 aliphatic heterocycles. The highest BCUT2D eigenvalue weighted by molar-refractivity contribution is 7.15. The van der Waals surface area contributed by atoms with E-state index in [4.69, 9.17) is 11.0 Å². The number of aromatic nitrogens is 1. The van der Waals surface area contributed by atoms with Crippen LogP contribution in [0.3, 0.4) is 0 Å². The van der Waals surface area contributed by atoms with Crippen LogP contribution in [-0.2, 0) is 19.4 Å². The second kappa shape index (κ2) is 14.7. The van der Waals surface area contributed by atoms with Crippen molar-refractivity contribution in [1.29, 1.82) is 5.26 Å². The number of benzene rings is 2. The minimum atomic E-state index is -4.47. The number of hydrogen-bond donors (Lipinski definition) is 2. The molecule has 1 atom stereocenters. The largest absolute Gasteiger partial charge is 0.404 e. The highest BCUT2D eigenvalue weighted by atomic mass is 32.1. The Bertz CT molecular complexity index is 1550. The highest BCUT2D eigenvalue weighted by Crippen LogP contribution is 2.33. The van der Waals surface area contributed by atoms with Crippen molar-refractivity contribution in [3.8, 4) is 6.07 Å². The van der Waals surface area contributed by atoms with Gasteiger partial charge in [0.25, 0.3) is 5.91 Å². The summed E-state index contributed by atoms with van der Waals surface area (Å²) in [6, 6.07) is 15.3. The minimum absolute atomic E-state index is 0.258. The fourth-order valence-electron chi connectivity index (χ4n) is 4.92. The Hall–Kier alpha value is -4.22. The maximum atomic E-state index is 13.0. The van der Waals surface area contributed by atoms with Crippen LogP contribution in [-0.4, -0.2) is 53.5 Å². The molecule has 7 nitrogen and oxygen atoms in total. The number of nitrogens with two attached hydrogens (primary N) is 1. The van der Waals surface area contributed by atoms with Gasteiger partial charge in [0.05, 0.1) is 36.7 Å². The van der Waals surface area contributed by atoms with Crippen LogP contribution in [0, 0.1) is 11.3 Å². The summed E-state index contributed by atoms with van der Waals surface area (Å²) in [4.78, 5) is 23.9. The molecule has 0 radical (unpaired) electrons. The first-order valence-corrected chi connectivity index (χ1v) is 14.8. The molecule has 3 aromatic rings. The molecule has 0 saturated heterocycles. The van der Waals surface area contributed by atoms with Crippen LogP contribution in [0.2, 0.25) is 0 Å². The Kier molecular flexibility index (Phi) is 11.0. The Morgan fingerprint density at radius 1 is 1.09 bits per heavy atom. The molecule has 0 spiro atoms. The van der Waals surface area contributed by atoms with E-state index in [9.17, 15) is 31.1 Å². The van der Waals surface area contributed by atoms with E-state index in [2.05, 4.69) is 21.4 Å². The average Bonchev–Trinajstić information content (AvgIpc) is 3.40. The molecule has 14 heteroatoms. The average molecular weight is 649 g/mol. The van der Waals surface area contributed by atoms with Crippen LogP contribution < -0.4 is 11.1 Å². The summed E-state index contributed by atoms with van der Waals surface area (Å²) in [5, 5.41) is 12.0. The topological polar surface area (TPSA) is 107 Å². The lowest BCUT2D eigenvalue weighted by molar-refractivity contribution is -0.148. The molecule has 4 rings (SSSR count). The van der Waals surface area contributed by atoms with Crippen molar-refractivity contribution in [3.05, 3.63) is 87.6 Å². The van der Waals surface area contributed by atoms with Crippen LogP contribution in [0.25, 0.3) is 5.57 Å². The molecule has 1 aromatic heterocycles. The number of amides is 1. The monoisotopic (exact) mass is 648 g/mol. The zero-order chi connectivity index (χ0) is 32.6. The number of halogens is 6. The second-order valence-corrected chi connectivity index (χ2v) is 11.6. The summed E-state index contributed by atoms with van der Waals surface area (Å²) < 4.78 is 77.2. The first kappa shape index (κ1) is 33.7. The first-order valence-electron chi connectivity index (χ1n) is 14.0. The molecule has 1 aliphatic carbocycles. The molecule has 1 heterocycles. The van der Waals surface area contributed by atoms with Gasteiger partial charge in [-0.3, -0.25) is 20.0 Å². The van der Waals surface area contributed by atoms with Crippen molar-refractivity contribution in [1.82, 2.24) is 9.88 Å². The van der Waals surface area contributed by atoms with Gasteiger partial charge in [-0.05, 0) is 54.7 Å². The van der Waals surface area contributed by atoms with E-state index in [0.717, 1.165) is 16.0 Å². The minimum Gasteiger partial charge on any atom is -0.404 e. The van der Waals surface area contributed by atoms with Gasteiger partial charge in [-0.15, -0.1) is 11.3 Å². The Labute approximate surface area is 260 Å². The zero-order valence-corrected chi connectivity index (χ0v) is 24.8. The van der Waals surface area contributed by atoms with E-state index in [0.29, 0.717) is 40.4 Å². The van der Waals surface area contributed by atoms with E-state index in [1.54, 1.807) is 48.7 Å². The van der Waals surface area contributed by atoms with E-state index in [-0.39, 0.29) is 13.0 Å². The van der Waals surface area contributed by atoms with Crippen molar-refractivity contribution in [2.75, 3.05) is 18.4 Å². The number of aliphatic imine (C=N–C) groups is 1. The van der Waals surface area contributed by atoms with Gasteiger partial charge in [-0.25, -0.2) is 4.98 Å². The van der Waals surface area contributed by atoms with Gasteiger partial charge in [0.1, 0.15) is 0 Å². The maximum absolute atomic E-state index is 13.0. The summed E-state index contributed by atoms with van der Waals surface area (Å²) in [6.07, 6.45) is -7.30. The number of aryl methyl sites for hydroxylation is 1. The summed E-state index contributed by atoms with van der Waals surface area (Å²) in [6.45, 7) is -0.760. The lowest BCUT2D eigenvalue weighted by Gasteiger charge is -2.34. The third-order valence-electron chi connectivity index (χ3n) is 7.24. The molecule has 45 heavy (non-hydrogen) atoms. The molecule has 3 N–H and O–H groups in total. The smallest absolute Gasteiger partial charge is 0.390 e. The number of carbonyl (C=O) groups is 1. The number of nitrogens with one attached hydrogen (secondary N) is 1. The summed E-state index contributed by atoms with van der Waals surface area (Å²) >= 11 is 1.18. The Balaban J connectivity index is 1.37. The van der Waals surface area contributed by atoms with Gasteiger partial charge in [0.15, 0.2) is 5.13 Å². The van der Waals surface area contributed by atoms with E-state index in [1.165, 1.54) is 22.4 Å². The SMILES string of the molecule is N#Cc1ccc(C(C=NCc2cccc(C(=O)Nc3nc4c(s3)C[C@@H](N(CCC(F)(F)F)CCC(F)(F)F)CC4)c2)=CN)cc1. The van der Waals surface area contributed by atoms with Gasteiger partial charge in [-0.2, -0.15) is 31.6 Å². The summed E-state index contributed by atoms with van der Waals surface area (Å²) in [7, 11) is 0. The van der Waals surface area contributed by atoms with Crippen molar-refractivity contribution < 1.29 is 31.1 Å². The number of hydrogen-bond acceptors (Lipinski definition) is 7. The lowest BCUT2D eigenvalue weighted by Crippen LogP contribution is -2.42. The number of alkyl halides is 6. The number of allylic oxidation sites excluding steroid dienone is 1. The molecule has 0 bridgehead atoms. The molecule has 0 saturated carbocycles. The van der Waals surface area contributed by atoms with E-state index in [1.807, 2.05) is 6.07 Å². The number of nitrogens with zero attached hydrogens (tertiary/aromatic N) is 4. The van der Waals surface area contributed by atoms with Crippen LogP contribution in [0.15, 0.2) is 59.7 Å². The van der Waals surface area contributed by atoms with Crippen LogP contribution in [0.4, 0.5) is 31.5 Å².